The zero-order valence-corrected chi connectivity index (χ0v) is 12.4. The van der Waals surface area contributed by atoms with Gasteiger partial charge in [0.15, 0.2) is 0 Å². The first-order valence-corrected chi connectivity index (χ1v) is 7.57. The number of hydrogen-bond acceptors (Lipinski definition) is 6. The zero-order chi connectivity index (χ0) is 15.8. The molecule has 0 unspecified atom stereocenters. The molecule has 0 fully saturated rings. The maximum Gasteiger partial charge on any atom is 0.268 e. The van der Waals surface area contributed by atoms with Gasteiger partial charge >= 0.3 is 0 Å². The van der Waals surface area contributed by atoms with E-state index in [0.29, 0.717) is 27.4 Å². The lowest BCUT2D eigenvalue weighted by molar-refractivity contribution is 0.555. The third-order valence-electron chi connectivity index (χ3n) is 3.21. The lowest BCUT2D eigenvalue weighted by Crippen LogP contribution is -2.14. The van der Waals surface area contributed by atoms with Gasteiger partial charge in [0.2, 0.25) is 5.82 Å². The van der Waals surface area contributed by atoms with E-state index in [9.17, 15) is 9.18 Å². The maximum atomic E-state index is 12.9. The molecule has 0 spiro atoms. The fourth-order valence-corrected chi connectivity index (χ4v) is 2.88. The van der Waals surface area contributed by atoms with Crippen LogP contribution in [0.25, 0.3) is 21.6 Å². The quantitative estimate of drug-likeness (QED) is 0.620. The van der Waals surface area contributed by atoms with E-state index in [1.807, 2.05) is 5.38 Å². The molecular weight excluding hydrogens is 319 g/mol. The highest BCUT2D eigenvalue weighted by atomic mass is 32.1. The summed E-state index contributed by atoms with van der Waals surface area (Å²) in [5.41, 5.74) is 1.12. The van der Waals surface area contributed by atoms with Gasteiger partial charge in [0, 0.05) is 5.56 Å². The van der Waals surface area contributed by atoms with Gasteiger partial charge in [0.05, 0.1) is 5.52 Å². The minimum Gasteiger partial charge on any atom is -0.308 e. The molecule has 0 aliphatic rings. The standard InChI is InChI=1S/C14H9FN6OS/c15-9-3-1-8(2-4-9)13-18-20-21(19-13)7-11-16-10-5-6-23-12(10)14(22)17-11/h1-6H,7H2,(H,16,17,22). The molecule has 4 rings (SSSR count). The van der Waals surface area contributed by atoms with Crippen LogP contribution in [-0.2, 0) is 6.54 Å². The van der Waals surface area contributed by atoms with Gasteiger partial charge in [-0.2, -0.15) is 4.80 Å². The predicted octanol–water partition coefficient (Wildman–Crippen LogP) is 1.83. The van der Waals surface area contributed by atoms with Crippen LogP contribution in [-0.4, -0.2) is 30.2 Å². The van der Waals surface area contributed by atoms with Crippen LogP contribution < -0.4 is 5.56 Å². The van der Waals surface area contributed by atoms with E-state index < -0.39 is 0 Å². The Hall–Kier alpha value is -2.94. The average Bonchev–Trinajstić information content (AvgIpc) is 3.17. The number of thiophene rings is 1. The second-order valence-corrected chi connectivity index (χ2v) is 5.71. The molecule has 1 N–H and O–H groups in total. The highest BCUT2D eigenvalue weighted by Gasteiger charge is 2.09. The summed E-state index contributed by atoms with van der Waals surface area (Å²) in [6, 6.07) is 7.61. The van der Waals surface area contributed by atoms with Crippen molar-refractivity contribution in [3.05, 3.63) is 57.7 Å². The second-order valence-electron chi connectivity index (χ2n) is 4.80. The normalized spacial score (nSPS) is 11.2. The number of nitrogens with one attached hydrogen (secondary N) is 1. The zero-order valence-electron chi connectivity index (χ0n) is 11.6. The van der Waals surface area contributed by atoms with Gasteiger partial charge in [-0.1, -0.05) is 0 Å². The van der Waals surface area contributed by atoms with Crippen molar-refractivity contribution in [3.63, 3.8) is 0 Å². The van der Waals surface area contributed by atoms with E-state index in [0.717, 1.165) is 0 Å². The largest absolute Gasteiger partial charge is 0.308 e. The molecule has 0 aliphatic carbocycles. The molecule has 1 aromatic carbocycles. The highest BCUT2D eigenvalue weighted by Crippen LogP contribution is 2.15. The van der Waals surface area contributed by atoms with Crippen molar-refractivity contribution in [2.75, 3.05) is 0 Å². The molecule has 114 valence electrons. The number of halogens is 1. The summed E-state index contributed by atoms with van der Waals surface area (Å²) >= 11 is 1.34. The number of aromatic nitrogens is 6. The second kappa shape index (κ2) is 5.36. The van der Waals surface area contributed by atoms with Gasteiger partial charge in [-0.25, -0.2) is 9.37 Å². The van der Waals surface area contributed by atoms with Gasteiger partial charge in [0.1, 0.15) is 22.9 Å². The number of tetrazole rings is 1. The van der Waals surface area contributed by atoms with Crippen LogP contribution in [0.5, 0.6) is 0 Å². The summed E-state index contributed by atoms with van der Waals surface area (Å²) in [4.78, 5) is 20.3. The minimum atomic E-state index is -0.327. The number of rotatable bonds is 3. The highest BCUT2D eigenvalue weighted by molar-refractivity contribution is 7.17. The van der Waals surface area contributed by atoms with Crippen molar-refractivity contribution in [2.24, 2.45) is 0 Å². The van der Waals surface area contributed by atoms with E-state index in [4.69, 9.17) is 0 Å². The van der Waals surface area contributed by atoms with Crippen LogP contribution in [0.1, 0.15) is 5.82 Å². The summed E-state index contributed by atoms with van der Waals surface area (Å²) in [5.74, 6) is 0.500. The summed E-state index contributed by atoms with van der Waals surface area (Å²) in [5, 5.41) is 13.9. The van der Waals surface area contributed by atoms with Crippen molar-refractivity contribution in [2.45, 2.75) is 6.54 Å². The Kier molecular flexibility index (Phi) is 3.19. The van der Waals surface area contributed by atoms with E-state index in [1.165, 1.54) is 28.3 Å². The van der Waals surface area contributed by atoms with E-state index in [1.54, 1.807) is 18.2 Å². The molecule has 0 saturated heterocycles. The van der Waals surface area contributed by atoms with E-state index >= 15 is 0 Å². The van der Waals surface area contributed by atoms with Gasteiger partial charge in [-0.15, -0.1) is 21.5 Å². The van der Waals surface area contributed by atoms with Crippen LogP contribution in [0.4, 0.5) is 4.39 Å². The van der Waals surface area contributed by atoms with Crippen molar-refractivity contribution in [1.29, 1.82) is 0 Å². The Morgan fingerprint density at radius 3 is 2.87 bits per heavy atom. The summed E-state index contributed by atoms with van der Waals surface area (Å²) in [7, 11) is 0. The number of nitrogens with zero attached hydrogens (tertiary/aromatic N) is 5. The molecule has 23 heavy (non-hydrogen) atoms. The fraction of sp³-hybridized carbons (Fsp3) is 0.0714. The molecule has 7 nitrogen and oxygen atoms in total. The first-order chi connectivity index (χ1) is 11.2. The monoisotopic (exact) mass is 328 g/mol. The number of fused-ring (bicyclic) bond motifs is 1. The third kappa shape index (κ3) is 2.61. The van der Waals surface area contributed by atoms with Crippen LogP contribution >= 0.6 is 11.3 Å². The third-order valence-corrected chi connectivity index (χ3v) is 4.11. The van der Waals surface area contributed by atoms with Gasteiger partial charge in [-0.3, -0.25) is 4.79 Å². The molecule has 0 atom stereocenters. The van der Waals surface area contributed by atoms with Crippen LogP contribution in [0.3, 0.4) is 0 Å². The summed E-state index contributed by atoms with van der Waals surface area (Å²) in [6.45, 7) is 0.190. The molecule has 0 aliphatic heterocycles. The topological polar surface area (TPSA) is 89.4 Å². The SMILES string of the molecule is O=c1[nH]c(Cn2nnc(-c3ccc(F)cc3)n2)nc2ccsc12. The van der Waals surface area contributed by atoms with Crippen LogP contribution in [0.15, 0.2) is 40.5 Å². The first kappa shape index (κ1) is 13.7. The Morgan fingerprint density at radius 2 is 2.04 bits per heavy atom. The van der Waals surface area contributed by atoms with Crippen LogP contribution in [0, 0.1) is 5.82 Å². The summed E-state index contributed by atoms with van der Waals surface area (Å²) < 4.78 is 13.5. The van der Waals surface area contributed by atoms with Crippen molar-refractivity contribution >= 4 is 21.6 Å². The molecule has 3 aromatic heterocycles. The van der Waals surface area contributed by atoms with E-state index in [2.05, 4.69) is 25.4 Å². The number of hydrogen-bond donors (Lipinski definition) is 1. The lowest BCUT2D eigenvalue weighted by atomic mass is 10.2. The van der Waals surface area contributed by atoms with Crippen molar-refractivity contribution in [1.82, 2.24) is 30.2 Å². The molecule has 4 aromatic rings. The molecule has 3 heterocycles. The lowest BCUT2D eigenvalue weighted by Gasteiger charge is -1.99. The molecule has 0 radical (unpaired) electrons. The van der Waals surface area contributed by atoms with Gasteiger partial charge in [-0.05, 0) is 40.9 Å². The Morgan fingerprint density at radius 1 is 1.22 bits per heavy atom. The average molecular weight is 328 g/mol. The molecular formula is C14H9FN6OS. The molecule has 0 bridgehead atoms. The molecule has 0 amide bonds. The van der Waals surface area contributed by atoms with Crippen LogP contribution in [0.2, 0.25) is 0 Å². The van der Waals surface area contributed by atoms with Crippen molar-refractivity contribution < 1.29 is 4.39 Å². The Bertz CT molecular complexity index is 1040. The first-order valence-electron chi connectivity index (χ1n) is 6.69. The maximum absolute atomic E-state index is 12.9. The van der Waals surface area contributed by atoms with Gasteiger partial charge in [0.25, 0.3) is 5.56 Å². The number of H-pyrrole nitrogens is 1. The molecule has 0 saturated carbocycles. The Balaban J connectivity index is 1.63. The summed E-state index contributed by atoms with van der Waals surface area (Å²) in [6.07, 6.45) is 0. The molecule has 9 heteroatoms. The minimum absolute atomic E-state index is 0.182. The fourth-order valence-electron chi connectivity index (χ4n) is 2.16. The predicted molar refractivity (Wildman–Crippen MR) is 82.6 cm³/mol. The van der Waals surface area contributed by atoms with Gasteiger partial charge < -0.3 is 4.98 Å². The van der Waals surface area contributed by atoms with Crippen molar-refractivity contribution in [3.8, 4) is 11.4 Å². The number of aromatic amines is 1. The Labute approximate surface area is 132 Å². The smallest absolute Gasteiger partial charge is 0.268 e. The number of benzene rings is 1. The van der Waals surface area contributed by atoms with E-state index in [-0.39, 0.29) is 17.9 Å².